The molecule has 0 radical (unpaired) electrons. The van der Waals surface area contributed by atoms with Gasteiger partial charge in [-0.05, 0) is 12.8 Å². The van der Waals surface area contributed by atoms with Crippen molar-refractivity contribution in [2.45, 2.75) is 18.9 Å². The van der Waals surface area contributed by atoms with E-state index in [0.29, 0.717) is 13.0 Å². The van der Waals surface area contributed by atoms with Crippen LogP contribution in [0.2, 0.25) is 0 Å². The lowest BCUT2D eigenvalue weighted by Crippen LogP contribution is -2.36. The van der Waals surface area contributed by atoms with Gasteiger partial charge in [0.25, 0.3) is 0 Å². The SMILES string of the molecule is CNC(=N)N(C)CCCC(O)C(=O)O. The van der Waals surface area contributed by atoms with E-state index >= 15 is 0 Å². The van der Waals surface area contributed by atoms with Crippen LogP contribution in [0.5, 0.6) is 0 Å². The maximum atomic E-state index is 10.2. The highest BCUT2D eigenvalue weighted by atomic mass is 16.4. The number of aliphatic hydroxyl groups is 1. The molecule has 0 saturated heterocycles. The Bertz CT molecular complexity index is 208. The molecular formula is C8H17N3O3. The molecular weight excluding hydrogens is 186 g/mol. The molecule has 0 aromatic carbocycles. The van der Waals surface area contributed by atoms with Gasteiger partial charge in [-0.25, -0.2) is 4.79 Å². The van der Waals surface area contributed by atoms with E-state index < -0.39 is 12.1 Å². The van der Waals surface area contributed by atoms with Crippen LogP contribution in [0.4, 0.5) is 0 Å². The minimum Gasteiger partial charge on any atom is -0.479 e. The molecule has 0 heterocycles. The predicted molar refractivity (Wildman–Crippen MR) is 52.3 cm³/mol. The van der Waals surface area contributed by atoms with Gasteiger partial charge in [-0.1, -0.05) is 0 Å². The van der Waals surface area contributed by atoms with Gasteiger partial charge in [0, 0.05) is 20.6 Å². The number of carbonyl (C=O) groups is 1. The number of nitrogens with one attached hydrogen (secondary N) is 2. The van der Waals surface area contributed by atoms with Crippen molar-refractivity contribution in [3.63, 3.8) is 0 Å². The zero-order chi connectivity index (χ0) is 11.1. The van der Waals surface area contributed by atoms with E-state index in [1.165, 1.54) is 0 Å². The van der Waals surface area contributed by atoms with Crippen molar-refractivity contribution in [1.29, 1.82) is 5.41 Å². The number of guanidine groups is 1. The Hall–Kier alpha value is -1.30. The molecule has 0 rings (SSSR count). The Labute approximate surface area is 83.0 Å². The molecule has 0 bridgehead atoms. The molecule has 14 heavy (non-hydrogen) atoms. The van der Waals surface area contributed by atoms with Gasteiger partial charge in [-0.3, -0.25) is 5.41 Å². The van der Waals surface area contributed by atoms with Crippen molar-refractivity contribution in [3.05, 3.63) is 0 Å². The lowest BCUT2D eigenvalue weighted by Gasteiger charge is -2.19. The second-order valence-corrected chi connectivity index (χ2v) is 3.02. The van der Waals surface area contributed by atoms with Crippen LogP contribution < -0.4 is 5.32 Å². The number of aliphatic carboxylic acids is 1. The molecule has 0 fully saturated rings. The number of aliphatic hydroxyl groups excluding tert-OH is 1. The number of hydrogen-bond acceptors (Lipinski definition) is 3. The molecule has 0 aliphatic heterocycles. The Kier molecular flexibility index (Phi) is 5.62. The van der Waals surface area contributed by atoms with E-state index in [1.54, 1.807) is 19.0 Å². The van der Waals surface area contributed by atoms with Crippen molar-refractivity contribution >= 4 is 11.9 Å². The summed E-state index contributed by atoms with van der Waals surface area (Å²) in [7, 11) is 3.37. The minimum atomic E-state index is -1.30. The Balaban J connectivity index is 3.64. The van der Waals surface area contributed by atoms with Crippen LogP contribution in [-0.4, -0.2) is 53.8 Å². The van der Waals surface area contributed by atoms with Crippen LogP contribution in [0.1, 0.15) is 12.8 Å². The molecule has 0 aliphatic carbocycles. The average Bonchev–Trinajstić information content (AvgIpc) is 2.15. The molecule has 82 valence electrons. The summed E-state index contributed by atoms with van der Waals surface area (Å²) in [5.74, 6) is -0.925. The molecule has 4 N–H and O–H groups in total. The Morgan fingerprint density at radius 1 is 1.64 bits per heavy atom. The molecule has 6 nitrogen and oxygen atoms in total. The van der Waals surface area contributed by atoms with Crippen LogP contribution in [0.15, 0.2) is 0 Å². The van der Waals surface area contributed by atoms with Gasteiger partial charge in [0.05, 0.1) is 0 Å². The summed E-state index contributed by atoms with van der Waals surface area (Å²) in [4.78, 5) is 11.9. The largest absolute Gasteiger partial charge is 0.479 e. The van der Waals surface area contributed by atoms with Gasteiger partial charge in [-0.2, -0.15) is 0 Å². The molecule has 1 atom stereocenters. The van der Waals surface area contributed by atoms with Crippen LogP contribution in [-0.2, 0) is 4.79 Å². The highest BCUT2D eigenvalue weighted by Gasteiger charge is 2.12. The number of carboxylic acids is 1. The van der Waals surface area contributed by atoms with Crippen LogP contribution in [0, 0.1) is 5.41 Å². The van der Waals surface area contributed by atoms with E-state index in [9.17, 15) is 4.79 Å². The summed E-state index contributed by atoms with van der Waals surface area (Å²) in [5, 5.41) is 27.3. The third-order valence-corrected chi connectivity index (χ3v) is 1.87. The number of carboxylic acid groups (broad SMARTS) is 1. The molecule has 6 heteroatoms. The molecule has 0 aromatic heterocycles. The van der Waals surface area contributed by atoms with Crippen molar-refractivity contribution in [2.24, 2.45) is 0 Å². The normalized spacial score (nSPS) is 11.9. The highest BCUT2D eigenvalue weighted by Crippen LogP contribution is 1.98. The first-order valence-corrected chi connectivity index (χ1v) is 4.37. The summed E-state index contributed by atoms with van der Waals surface area (Å²) in [6.07, 6.45) is -0.558. The number of nitrogens with zero attached hydrogens (tertiary/aromatic N) is 1. The van der Waals surface area contributed by atoms with E-state index in [1.807, 2.05) is 0 Å². The van der Waals surface area contributed by atoms with Crippen LogP contribution >= 0.6 is 0 Å². The zero-order valence-electron chi connectivity index (χ0n) is 8.45. The molecule has 0 amide bonds. The molecule has 0 aliphatic rings. The fraction of sp³-hybridized carbons (Fsp3) is 0.750. The van der Waals surface area contributed by atoms with E-state index in [-0.39, 0.29) is 12.4 Å². The van der Waals surface area contributed by atoms with E-state index in [4.69, 9.17) is 15.6 Å². The van der Waals surface area contributed by atoms with Crippen LogP contribution in [0.3, 0.4) is 0 Å². The maximum Gasteiger partial charge on any atom is 0.332 e. The second-order valence-electron chi connectivity index (χ2n) is 3.02. The number of rotatable bonds is 5. The standard InChI is InChI=1S/C8H17N3O3/c1-10-8(9)11(2)5-3-4-6(12)7(13)14/h6,12H,3-5H2,1-2H3,(H2,9,10)(H,13,14). The van der Waals surface area contributed by atoms with E-state index in [2.05, 4.69) is 5.32 Å². The summed E-state index contributed by atoms with van der Waals surface area (Å²) in [5.41, 5.74) is 0. The fourth-order valence-corrected chi connectivity index (χ4v) is 0.948. The van der Waals surface area contributed by atoms with Gasteiger partial charge in [-0.15, -0.1) is 0 Å². The van der Waals surface area contributed by atoms with Crippen LogP contribution in [0.25, 0.3) is 0 Å². The lowest BCUT2D eigenvalue weighted by molar-refractivity contribution is -0.146. The number of hydrogen-bond donors (Lipinski definition) is 4. The first kappa shape index (κ1) is 12.7. The molecule has 0 aromatic rings. The van der Waals surface area contributed by atoms with Gasteiger partial charge < -0.3 is 20.4 Å². The summed E-state index contributed by atoms with van der Waals surface area (Å²) in [6.45, 7) is 0.546. The van der Waals surface area contributed by atoms with Crippen molar-refractivity contribution in [3.8, 4) is 0 Å². The summed E-state index contributed by atoms with van der Waals surface area (Å²) in [6, 6.07) is 0. The minimum absolute atomic E-state index is 0.205. The van der Waals surface area contributed by atoms with Gasteiger partial charge in [0.2, 0.25) is 0 Å². The van der Waals surface area contributed by atoms with E-state index in [0.717, 1.165) is 0 Å². The first-order chi connectivity index (χ1) is 6.49. The third-order valence-electron chi connectivity index (χ3n) is 1.87. The Morgan fingerprint density at radius 3 is 2.64 bits per heavy atom. The second kappa shape index (κ2) is 6.20. The zero-order valence-corrected chi connectivity index (χ0v) is 8.45. The average molecular weight is 203 g/mol. The summed E-state index contributed by atoms with van der Waals surface area (Å²) < 4.78 is 0. The molecule has 0 saturated carbocycles. The predicted octanol–water partition coefficient (Wildman–Crippen LogP) is -0.702. The third kappa shape index (κ3) is 4.66. The smallest absolute Gasteiger partial charge is 0.332 e. The fourth-order valence-electron chi connectivity index (χ4n) is 0.948. The lowest BCUT2D eigenvalue weighted by atomic mass is 10.2. The van der Waals surface area contributed by atoms with Crippen molar-refractivity contribution in [1.82, 2.24) is 10.2 Å². The van der Waals surface area contributed by atoms with Gasteiger partial charge in [0.15, 0.2) is 12.1 Å². The monoisotopic (exact) mass is 203 g/mol. The van der Waals surface area contributed by atoms with Gasteiger partial charge in [0.1, 0.15) is 0 Å². The quantitative estimate of drug-likeness (QED) is 0.350. The maximum absolute atomic E-state index is 10.2. The molecule has 0 spiro atoms. The highest BCUT2D eigenvalue weighted by molar-refractivity contribution is 5.76. The first-order valence-electron chi connectivity index (χ1n) is 4.37. The van der Waals surface area contributed by atoms with Crippen molar-refractivity contribution in [2.75, 3.05) is 20.6 Å². The van der Waals surface area contributed by atoms with Crippen molar-refractivity contribution < 1.29 is 15.0 Å². The van der Waals surface area contributed by atoms with Gasteiger partial charge >= 0.3 is 5.97 Å². The Morgan fingerprint density at radius 2 is 2.21 bits per heavy atom. The molecule has 1 unspecified atom stereocenters. The topological polar surface area (TPSA) is 96.7 Å². The summed E-state index contributed by atoms with van der Waals surface area (Å²) >= 11 is 0.